The van der Waals surface area contributed by atoms with Crippen LogP contribution in [0.3, 0.4) is 0 Å². The molecule has 4 aromatic rings. The zero-order chi connectivity index (χ0) is 30.9. The summed E-state index contributed by atoms with van der Waals surface area (Å²) in [6.45, 7) is 1.77. The predicted octanol–water partition coefficient (Wildman–Crippen LogP) is 7.67. The number of hydrogen-bond donors (Lipinski definition) is 3. The molecule has 3 amide bonds. The highest BCUT2D eigenvalue weighted by atomic mass is 35.5. The minimum Gasteiger partial charge on any atom is -0.495 e. The normalized spacial score (nSPS) is 11.8. The van der Waals surface area contributed by atoms with Crippen LogP contribution in [0.1, 0.15) is 22.8 Å². The van der Waals surface area contributed by atoms with Crippen molar-refractivity contribution in [1.29, 1.82) is 0 Å². The van der Waals surface area contributed by atoms with Gasteiger partial charge in [0.15, 0.2) is 0 Å². The lowest BCUT2D eigenvalue weighted by molar-refractivity contribution is -0.115. The average Bonchev–Trinajstić information content (AvgIpc) is 2.99. The molecule has 0 aliphatic rings. The predicted molar refractivity (Wildman–Crippen MR) is 170 cm³/mol. The standard InChI is InChI=1S/C32H26Cl2FN3O4S/c1-19(30(39)37-22-13-16-29(42-2)26(34)17-22)43-23-14-11-21(12-15-23)36-32(41)28(18-24-25(33)9-6-10-27(24)35)38-31(40)20-7-4-3-5-8-20/h3-19H,1-2H3,(H,36,41)(H,37,39)(H,38,40)/b28-18-. The Balaban J connectivity index is 1.45. The van der Waals surface area contributed by atoms with Crippen molar-refractivity contribution in [3.05, 3.63) is 124 Å². The van der Waals surface area contributed by atoms with Crippen LogP contribution in [0.2, 0.25) is 10.0 Å². The molecule has 4 aromatic carbocycles. The van der Waals surface area contributed by atoms with E-state index in [4.69, 9.17) is 27.9 Å². The molecule has 0 radical (unpaired) electrons. The van der Waals surface area contributed by atoms with Gasteiger partial charge in [-0.25, -0.2) is 4.39 Å². The Labute approximate surface area is 262 Å². The number of ether oxygens (including phenoxy) is 1. The molecule has 0 saturated carbocycles. The number of anilines is 2. The first-order valence-corrected chi connectivity index (χ1v) is 14.5. The molecule has 0 saturated heterocycles. The van der Waals surface area contributed by atoms with Crippen LogP contribution in [0.25, 0.3) is 6.08 Å². The molecule has 0 aromatic heterocycles. The third-order valence-corrected chi connectivity index (χ3v) is 7.77. The molecule has 0 spiro atoms. The number of amides is 3. The van der Waals surface area contributed by atoms with Gasteiger partial charge >= 0.3 is 0 Å². The highest BCUT2D eigenvalue weighted by Crippen LogP contribution is 2.29. The summed E-state index contributed by atoms with van der Waals surface area (Å²) in [4.78, 5) is 39.6. The summed E-state index contributed by atoms with van der Waals surface area (Å²) in [7, 11) is 1.51. The van der Waals surface area contributed by atoms with Gasteiger partial charge in [0.1, 0.15) is 17.3 Å². The lowest BCUT2D eigenvalue weighted by Gasteiger charge is -2.14. The van der Waals surface area contributed by atoms with Crippen LogP contribution in [0, 0.1) is 5.82 Å². The molecule has 43 heavy (non-hydrogen) atoms. The highest BCUT2D eigenvalue weighted by molar-refractivity contribution is 8.00. The number of halogens is 3. The lowest BCUT2D eigenvalue weighted by atomic mass is 10.1. The van der Waals surface area contributed by atoms with E-state index >= 15 is 0 Å². The van der Waals surface area contributed by atoms with Gasteiger partial charge in [-0.3, -0.25) is 14.4 Å². The van der Waals surface area contributed by atoms with Crippen molar-refractivity contribution in [1.82, 2.24) is 5.32 Å². The van der Waals surface area contributed by atoms with E-state index < -0.39 is 22.9 Å². The number of thioether (sulfide) groups is 1. The molecule has 1 atom stereocenters. The molecule has 0 aliphatic carbocycles. The topological polar surface area (TPSA) is 96.5 Å². The van der Waals surface area contributed by atoms with Crippen LogP contribution >= 0.6 is 35.0 Å². The Morgan fingerprint density at radius 3 is 2.21 bits per heavy atom. The van der Waals surface area contributed by atoms with E-state index in [-0.39, 0.29) is 22.2 Å². The van der Waals surface area contributed by atoms with Crippen LogP contribution in [-0.2, 0) is 9.59 Å². The fourth-order valence-electron chi connectivity index (χ4n) is 3.80. The molecule has 0 bridgehead atoms. The first-order chi connectivity index (χ1) is 20.6. The van der Waals surface area contributed by atoms with E-state index in [1.165, 1.54) is 43.1 Å². The fraction of sp³-hybridized carbons (Fsp3) is 0.0938. The quantitative estimate of drug-likeness (QED) is 0.122. The maximum Gasteiger partial charge on any atom is 0.272 e. The summed E-state index contributed by atoms with van der Waals surface area (Å²) < 4.78 is 19.7. The minimum atomic E-state index is -0.685. The summed E-state index contributed by atoms with van der Waals surface area (Å²) in [5.41, 5.74) is 1.03. The third-order valence-electron chi connectivity index (χ3n) is 6.03. The van der Waals surface area contributed by atoms with Crippen molar-refractivity contribution < 1.29 is 23.5 Å². The van der Waals surface area contributed by atoms with Gasteiger partial charge in [0.25, 0.3) is 11.8 Å². The molecule has 1 unspecified atom stereocenters. The maximum atomic E-state index is 14.5. The number of nitrogens with one attached hydrogen (secondary N) is 3. The first kappa shape index (κ1) is 31.6. The molecule has 4 rings (SSSR count). The van der Waals surface area contributed by atoms with E-state index in [9.17, 15) is 18.8 Å². The summed E-state index contributed by atoms with van der Waals surface area (Å²) in [6.07, 6.45) is 1.19. The molecular weight excluding hydrogens is 612 g/mol. The van der Waals surface area contributed by atoms with Crippen LogP contribution in [-0.4, -0.2) is 30.1 Å². The number of benzene rings is 4. The second-order valence-corrected chi connectivity index (χ2v) is 11.3. The second-order valence-electron chi connectivity index (χ2n) is 9.09. The van der Waals surface area contributed by atoms with E-state index in [1.54, 1.807) is 79.7 Å². The van der Waals surface area contributed by atoms with Gasteiger partial charge in [-0.1, -0.05) is 47.5 Å². The summed E-state index contributed by atoms with van der Waals surface area (Å²) in [5, 5.41) is 8.10. The fourth-order valence-corrected chi connectivity index (χ4v) is 5.14. The van der Waals surface area contributed by atoms with Gasteiger partial charge in [0.05, 0.1) is 22.4 Å². The minimum absolute atomic E-state index is 0.0430. The molecule has 3 N–H and O–H groups in total. The molecule has 220 valence electrons. The van der Waals surface area contributed by atoms with Crippen LogP contribution in [0.4, 0.5) is 15.8 Å². The van der Waals surface area contributed by atoms with E-state index in [0.29, 0.717) is 27.7 Å². The molecule has 0 heterocycles. The Morgan fingerprint density at radius 2 is 1.56 bits per heavy atom. The Bertz CT molecular complexity index is 1650. The number of rotatable bonds is 10. The smallest absolute Gasteiger partial charge is 0.272 e. The SMILES string of the molecule is COc1ccc(NC(=O)C(C)Sc2ccc(NC(=O)/C(=C/c3c(F)cccc3Cl)NC(=O)c3ccccc3)cc2)cc1Cl. The third kappa shape index (κ3) is 8.61. The average molecular weight is 639 g/mol. The summed E-state index contributed by atoms with van der Waals surface area (Å²) in [6, 6.07) is 24.2. The van der Waals surface area contributed by atoms with Gasteiger partial charge in [0, 0.05) is 27.4 Å². The van der Waals surface area contributed by atoms with Gasteiger partial charge in [-0.2, -0.15) is 0 Å². The second kappa shape index (κ2) is 14.7. The van der Waals surface area contributed by atoms with Crippen LogP contribution < -0.4 is 20.7 Å². The summed E-state index contributed by atoms with van der Waals surface area (Å²) >= 11 is 13.6. The maximum absolute atomic E-state index is 14.5. The Morgan fingerprint density at radius 1 is 0.860 bits per heavy atom. The zero-order valence-corrected chi connectivity index (χ0v) is 25.3. The first-order valence-electron chi connectivity index (χ1n) is 12.9. The van der Waals surface area contributed by atoms with Crippen molar-refractivity contribution in [2.45, 2.75) is 17.1 Å². The van der Waals surface area contributed by atoms with E-state index in [0.717, 1.165) is 4.90 Å². The van der Waals surface area contributed by atoms with Crippen molar-refractivity contribution in [2.75, 3.05) is 17.7 Å². The number of carbonyl (C=O) groups excluding carboxylic acids is 3. The Hall–Kier alpha value is -4.31. The van der Waals surface area contributed by atoms with Crippen molar-refractivity contribution in [3.63, 3.8) is 0 Å². The number of hydrogen-bond acceptors (Lipinski definition) is 5. The van der Waals surface area contributed by atoms with Crippen molar-refractivity contribution >= 4 is 70.1 Å². The zero-order valence-electron chi connectivity index (χ0n) is 23.0. The van der Waals surface area contributed by atoms with E-state index in [1.807, 2.05) is 0 Å². The highest BCUT2D eigenvalue weighted by Gasteiger charge is 2.18. The van der Waals surface area contributed by atoms with Gasteiger partial charge in [-0.15, -0.1) is 11.8 Å². The van der Waals surface area contributed by atoms with Gasteiger partial charge in [0.2, 0.25) is 5.91 Å². The van der Waals surface area contributed by atoms with Crippen LogP contribution in [0.5, 0.6) is 5.75 Å². The molecule has 0 fully saturated rings. The van der Waals surface area contributed by atoms with Gasteiger partial charge < -0.3 is 20.7 Å². The number of methoxy groups -OCH3 is 1. The molecular formula is C32H26Cl2FN3O4S. The molecule has 0 aliphatic heterocycles. The molecule has 11 heteroatoms. The van der Waals surface area contributed by atoms with Crippen molar-refractivity contribution in [3.8, 4) is 5.75 Å². The lowest BCUT2D eigenvalue weighted by Crippen LogP contribution is -2.30. The van der Waals surface area contributed by atoms with E-state index in [2.05, 4.69) is 16.0 Å². The van der Waals surface area contributed by atoms with Crippen molar-refractivity contribution in [2.24, 2.45) is 0 Å². The Kier molecular flexibility index (Phi) is 10.8. The van der Waals surface area contributed by atoms with Crippen LogP contribution in [0.15, 0.2) is 102 Å². The summed E-state index contributed by atoms with van der Waals surface area (Å²) in [5.74, 6) is -1.60. The largest absolute Gasteiger partial charge is 0.495 e. The van der Waals surface area contributed by atoms with Gasteiger partial charge in [-0.05, 0) is 79.7 Å². The monoisotopic (exact) mass is 637 g/mol. The molecule has 7 nitrogen and oxygen atoms in total. The number of carbonyl (C=O) groups is 3.